The number of amides is 2. The maximum atomic E-state index is 14.0. The van der Waals surface area contributed by atoms with E-state index in [0.29, 0.717) is 31.3 Å². The van der Waals surface area contributed by atoms with E-state index >= 15 is 0 Å². The minimum atomic E-state index is -0.684. The Labute approximate surface area is 255 Å². The lowest BCUT2D eigenvalue weighted by atomic mass is 10.1. The van der Waals surface area contributed by atoms with Crippen LogP contribution in [0, 0.1) is 0 Å². The summed E-state index contributed by atoms with van der Waals surface area (Å²) >= 11 is 0. The van der Waals surface area contributed by atoms with Crippen LogP contribution in [0.1, 0.15) is 64.2 Å². The van der Waals surface area contributed by atoms with Gasteiger partial charge in [-0.05, 0) is 52.7 Å². The predicted octanol–water partition coefficient (Wildman–Crippen LogP) is 3.20. The molecule has 2 aromatic heterocycles. The number of Topliss-reactive ketones (excluding diaryl/α,β-unsaturated/α-hetero) is 1. The minimum absolute atomic E-state index is 0.183. The van der Waals surface area contributed by atoms with E-state index in [2.05, 4.69) is 10.6 Å². The number of benzene rings is 1. The van der Waals surface area contributed by atoms with Crippen LogP contribution in [0.5, 0.6) is 0 Å². The van der Waals surface area contributed by atoms with Gasteiger partial charge in [0.25, 0.3) is 5.56 Å². The van der Waals surface area contributed by atoms with E-state index in [9.17, 15) is 24.0 Å². The Morgan fingerprint density at radius 1 is 1.14 bits per heavy atom. The summed E-state index contributed by atoms with van der Waals surface area (Å²) in [5, 5.41) is 5.63. The van der Waals surface area contributed by atoms with Gasteiger partial charge in [0.2, 0.25) is 11.9 Å². The van der Waals surface area contributed by atoms with Crippen molar-refractivity contribution in [3.05, 3.63) is 62.8 Å². The molecule has 3 aromatic rings. The van der Waals surface area contributed by atoms with E-state index in [1.54, 1.807) is 56.5 Å². The van der Waals surface area contributed by atoms with Crippen molar-refractivity contribution in [3.8, 4) is 0 Å². The van der Waals surface area contributed by atoms with Crippen LogP contribution in [0.25, 0.3) is 11.2 Å². The van der Waals surface area contributed by atoms with Gasteiger partial charge in [-0.3, -0.25) is 23.5 Å². The van der Waals surface area contributed by atoms with E-state index in [0.717, 1.165) is 17.4 Å². The van der Waals surface area contributed by atoms with Crippen molar-refractivity contribution in [1.82, 2.24) is 24.0 Å². The molecule has 0 radical (unpaired) electrons. The number of ether oxygens (including phenoxy) is 1. The zero-order chi connectivity index (χ0) is 32.2. The number of piperidine rings is 1. The highest BCUT2D eigenvalue weighted by Gasteiger charge is 2.29. The Bertz CT molecular complexity index is 1710. The Kier molecular flexibility index (Phi) is 9.75. The number of nitrogens with one attached hydrogen (secondary N) is 2. The van der Waals surface area contributed by atoms with E-state index in [1.807, 2.05) is 24.0 Å². The van der Waals surface area contributed by atoms with Crippen LogP contribution in [0.15, 0.2) is 46.0 Å². The molecule has 0 spiro atoms. The molecule has 1 aliphatic rings. The molecule has 1 saturated heterocycles. The Balaban J connectivity index is 1.73. The smallest absolute Gasteiger partial charge is 0.407 e. The van der Waals surface area contributed by atoms with Crippen molar-refractivity contribution in [2.45, 2.75) is 78.6 Å². The molecule has 13 heteroatoms. The topological polar surface area (TPSA) is 150 Å². The number of ketones is 1. The van der Waals surface area contributed by atoms with Gasteiger partial charge in [0.05, 0.1) is 12.2 Å². The molecule has 0 aliphatic carbocycles. The Morgan fingerprint density at radius 3 is 2.55 bits per heavy atom. The zero-order valence-electron chi connectivity index (χ0n) is 26.2. The number of aromatic nitrogens is 4. The highest BCUT2D eigenvalue weighted by atomic mass is 16.6. The van der Waals surface area contributed by atoms with Crippen molar-refractivity contribution >= 4 is 40.6 Å². The predicted molar refractivity (Wildman–Crippen MR) is 168 cm³/mol. The summed E-state index contributed by atoms with van der Waals surface area (Å²) in [4.78, 5) is 72.0. The third-order valence-electron chi connectivity index (χ3n) is 7.29. The molecule has 44 heavy (non-hydrogen) atoms. The van der Waals surface area contributed by atoms with Gasteiger partial charge in [-0.15, -0.1) is 0 Å². The number of allylic oxidation sites excluding steroid dienone is 2. The molecule has 0 unspecified atom stereocenters. The average molecular weight is 608 g/mol. The zero-order valence-corrected chi connectivity index (χ0v) is 26.2. The number of hydrogen-bond acceptors (Lipinski definition) is 8. The van der Waals surface area contributed by atoms with Crippen molar-refractivity contribution in [3.63, 3.8) is 0 Å². The molecule has 1 aromatic carbocycles. The van der Waals surface area contributed by atoms with Crippen LogP contribution in [0.2, 0.25) is 0 Å². The molecule has 0 saturated carbocycles. The van der Waals surface area contributed by atoms with Crippen LogP contribution in [-0.4, -0.2) is 61.2 Å². The summed E-state index contributed by atoms with van der Waals surface area (Å²) in [6.45, 7) is 9.82. The summed E-state index contributed by atoms with van der Waals surface area (Å²) < 4.78 is 9.35. The van der Waals surface area contributed by atoms with E-state index in [1.165, 1.54) is 11.6 Å². The molecule has 3 heterocycles. The van der Waals surface area contributed by atoms with Crippen molar-refractivity contribution < 1.29 is 19.1 Å². The fourth-order valence-corrected chi connectivity index (χ4v) is 5.18. The molecule has 2 N–H and O–H groups in total. The number of carbonyl (C=O) groups excluding carboxylic acids is 3. The first-order chi connectivity index (χ1) is 20.8. The lowest BCUT2D eigenvalue weighted by Gasteiger charge is -2.34. The fraction of sp³-hybridized carbons (Fsp3) is 0.484. The van der Waals surface area contributed by atoms with Crippen LogP contribution < -0.4 is 26.8 Å². The average Bonchev–Trinajstić information content (AvgIpc) is 3.36. The summed E-state index contributed by atoms with van der Waals surface area (Å²) in [5.74, 6) is -0.276. The second-order valence-corrected chi connectivity index (χ2v) is 11.8. The first-order valence-corrected chi connectivity index (χ1v) is 14.8. The maximum Gasteiger partial charge on any atom is 0.407 e. The third kappa shape index (κ3) is 7.09. The third-order valence-corrected chi connectivity index (χ3v) is 7.29. The number of para-hydroxylation sites is 1. The highest BCUT2D eigenvalue weighted by Crippen LogP contribution is 2.24. The summed E-state index contributed by atoms with van der Waals surface area (Å²) in [5.41, 5.74) is -1.06. The SMILES string of the molecule is C/C=C/Cn1c(N2CCC[C@H](NC(=O)OC(C)(C)C)C2)nc2c1c(=O)n(CC(=O)c1ccccc1NC(=O)CC)c(=O)n2C. The van der Waals surface area contributed by atoms with Gasteiger partial charge in [-0.1, -0.05) is 31.2 Å². The standard InChI is InChI=1S/C31H41N7O6/c1-7-9-17-37-25-26(34-28(37)36-16-12-13-20(18-36)32-29(42)44-31(3,4)5)35(6)30(43)38(27(25)41)19-23(39)21-14-10-11-15-22(21)33-24(40)8-2/h7,9-11,14-15,20H,8,12-13,16-19H2,1-6H3,(H,32,42)(H,33,40)/b9-7+/t20-/m0/s1. The van der Waals surface area contributed by atoms with Crippen LogP contribution in [0.3, 0.4) is 0 Å². The monoisotopic (exact) mass is 607 g/mol. The number of anilines is 2. The van der Waals surface area contributed by atoms with Crippen LogP contribution in [-0.2, 0) is 29.7 Å². The van der Waals surface area contributed by atoms with Gasteiger partial charge in [0.1, 0.15) is 5.60 Å². The first kappa shape index (κ1) is 32.2. The number of carbonyl (C=O) groups is 3. The van der Waals surface area contributed by atoms with Crippen LogP contribution >= 0.6 is 0 Å². The minimum Gasteiger partial charge on any atom is -0.444 e. The van der Waals surface area contributed by atoms with E-state index in [-0.39, 0.29) is 35.1 Å². The summed E-state index contributed by atoms with van der Waals surface area (Å²) in [6, 6.07) is 6.29. The summed E-state index contributed by atoms with van der Waals surface area (Å²) in [7, 11) is 1.51. The van der Waals surface area contributed by atoms with Crippen LogP contribution in [0.4, 0.5) is 16.4 Å². The molecule has 4 rings (SSSR count). The quantitative estimate of drug-likeness (QED) is 0.278. The van der Waals surface area contributed by atoms with Gasteiger partial charge in [0.15, 0.2) is 16.9 Å². The second kappa shape index (κ2) is 13.3. The number of nitrogens with zero attached hydrogens (tertiary/aromatic N) is 5. The van der Waals surface area contributed by atoms with Crippen molar-refractivity contribution in [2.75, 3.05) is 23.3 Å². The van der Waals surface area contributed by atoms with Crippen molar-refractivity contribution in [2.24, 2.45) is 7.05 Å². The highest BCUT2D eigenvalue weighted by molar-refractivity contribution is 6.04. The molecule has 1 atom stereocenters. The number of aryl methyl sites for hydroxylation is 1. The molecule has 1 fully saturated rings. The lowest BCUT2D eigenvalue weighted by Crippen LogP contribution is -2.49. The molecular weight excluding hydrogens is 566 g/mol. The van der Waals surface area contributed by atoms with E-state index < -0.39 is 35.3 Å². The van der Waals surface area contributed by atoms with Gasteiger partial charge < -0.3 is 24.8 Å². The number of hydrogen-bond donors (Lipinski definition) is 2. The largest absolute Gasteiger partial charge is 0.444 e. The normalized spacial score (nSPS) is 15.5. The van der Waals surface area contributed by atoms with E-state index in [4.69, 9.17) is 9.72 Å². The maximum absolute atomic E-state index is 14.0. The molecule has 2 amide bonds. The Hall–Kier alpha value is -4.68. The van der Waals surface area contributed by atoms with Gasteiger partial charge in [-0.25, -0.2) is 9.59 Å². The van der Waals surface area contributed by atoms with Gasteiger partial charge in [0, 0.05) is 44.7 Å². The molecule has 236 valence electrons. The number of fused-ring (bicyclic) bond motifs is 1. The molecular formula is C31H41N7O6. The molecule has 13 nitrogen and oxygen atoms in total. The number of imidazole rings is 1. The number of rotatable bonds is 9. The number of alkyl carbamates (subject to hydrolysis) is 1. The lowest BCUT2D eigenvalue weighted by molar-refractivity contribution is -0.115. The van der Waals surface area contributed by atoms with Gasteiger partial charge in [-0.2, -0.15) is 4.98 Å². The summed E-state index contributed by atoms with van der Waals surface area (Å²) in [6.07, 6.45) is 4.96. The molecule has 1 aliphatic heterocycles. The Morgan fingerprint density at radius 2 is 1.86 bits per heavy atom. The van der Waals surface area contributed by atoms with Gasteiger partial charge >= 0.3 is 11.8 Å². The van der Waals surface area contributed by atoms with Crippen molar-refractivity contribution in [1.29, 1.82) is 0 Å². The second-order valence-electron chi connectivity index (χ2n) is 11.8. The molecule has 0 bridgehead atoms. The first-order valence-electron chi connectivity index (χ1n) is 14.8. The fourth-order valence-electron chi connectivity index (χ4n) is 5.18.